The van der Waals surface area contributed by atoms with E-state index in [-0.39, 0.29) is 23.7 Å². The highest BCUT2D eigenvalue weighted by Crippen LogP contribution is 2.39. The molecule has 7 heteroatoms. The van der Waals surface area contributed by atoms with Gasteiger partial charge in [0, 0.05) is 27.9 Å². The standard InChI is InChI=1S/C18H17Cl2N3O2/c19-14-6-3-7-15(20)13(14)10-22-9-8-16(21-22)23-17(24)11-4-1-2-5-12(11)18(23)25/h3,6-9,11-12H,1-2,4-5,10H2/t11-,12-/m0/s1. The second-order valence-electron chi connectivity index (χ2n) is 6.58. The highest BCUT2D eigenvalue weighted by Gasteiger charge is 2.49. The number of fused-ring (bicyclic) bond motifs is 1. The number of halogens is 2. The first-order valence-corrected chi connectivity index (χ1v) is 9.16. The smallest absolute Gasteiger partial charge is 0.238 e. The van der Waals surface area contributed by atoms with Crippen molar-refractivity contribution in [2.75, 3.05) is 4.90 Å². The zero-order valence-electron chi connectivity index (χ0n) is 13.5. The fraction of sp³-hybridized carbons (Fsp3) is 0.389. The van der Waals surface area contributed by atoms with Crippen molar-refractivity contribution < 1.29 is 9.59 Å². The summed E-state index contributed by atoms with van der Waals surface area (Å²) in [5, 5.41) is 5.53. The van der Waals surface area contributed by atoms with Gasteiger partial charge in [0.15, 0.2) is 5.82 Å². The molecule has 130 valence electrons. The normalized spacial score (nSPS) is 23.2. The third-order valence-corrected chi connectivity index (χ3v) is 5.79. The van der Waals surface area contributed by atoms with Gasteiger partial charge in [-0.3, -0.25) is 14.3 Å². The van der Waals surface area contributed by atoms with Crippen molar-refractivity contribution in [3.05, 3.63) is 46.1 Å². The predicted molar refractivity (Wildman–Crippen MR) is 95.7 cm³/mol. The van der Waals surface area contributed by atoms with E-state index in [1.807, 2.05) is 0 Å². The Kier molecular flexibility index (Phi) is 4.29. The third-order valence-electron chi connectivity index (χ3n) is 5.08. The van der Waals surface area contributed by atoms with Crippen LogP contribution in [-0.2, 0) is 16.1 Å². The van der Waals surface area contributed by atoms with E-state index in [1.165, 1.54) is 4.90 Å². The van der Waals surface area contributed by atoms with Crippen LogP contribution >= 0.6 is 23.2 Å². The summed E-state index contributed by atoms with van der Waals surface area (Å²) in [6, 6.07) is 7.01. The van der Waals surface area contributed by atoms with E-state index in [0.717, 1.165) is 31.2 Å². The van der Waals surface area contributed by atoms with Crippen molar-refractivity contribution >= 4 is 40.8 Å². The van der Waals surface area contributed by atoms with Crippen LogP contribution in [0.15, 0.2) is 30.5 Å². The zero-order valence-corrected chi connectivity index (χ0v) is 15.0. The number of hydrogen-bond donors (Lipinski definition) is 0. The lowest BCUT2D eigenvalue weighted by molar-refractivity contribution is -0.122. The van der Waals surface area contributed by atoms with Crippen LogP contribution in [0.3, 0.4) is 0 Å². The number of rotatable bonds is 3. The summed E-state index contributed by atoms with van der Waals surface area (Å²) in [7, 11) is 0. The maximum atomic E-state index is 12.6. The monoisotopic (exact) mass is 377 g/mol. The van der Waals surface area contributed by atoms with E-state index in [1.54, 1.807) is 35.1 Å². The van der Waals surface area contributed by atoms with Crippen LogP contribution in [0.1, 0.15) is 31.2 Å². The van der Waals surface area contributed by atoms with Gasteiger partial charge < -0.3 is 0 Å². The number of hydrogen-bond acceptors (Lipinski definition) is 3. The van der Waals surface area contributed by atoms with Crippen LogP contribution in [-0.4, -0.2) is 21.6 Å². The predicted octanol–water partition coefficient (Wildman–Crippen LogP) is 3.92. The van der Waals surface area contributed by atoms with Gasteiger partial charge in [0.2, 0.25) is 11.8 Å². The van der Waals surface area contributed by atoms with Gasteiger partial charge in [0.05, 0.1) is 18.4 Å². The average molecular weight is 378 g/mol. The molecule has 5 nitrogen and oxygen atoms in total. The van der Waals surface area contributed by atoms with Gasteiger partial charge >= 0.3 is 0 Å². The Hall–Kier alpha value is -1.85. The highest BCUT2D eigenvalue weighted by molar-refractivity contribution is 6.36. The Morgan fingerprint density at radius 1 is 1.00 bits per heavy atom. The molecule has 1 aliphatic heterocycles. The first-order chi connectivity index (χ1) is 12.1. The molecule has 2 atom stereocenters. The molecule has 2 heterocycles. The van der Waals surface area contributed by atoms with Crippen LogP contribution in [0.2, 0.25) is 10.0 Å². The number of imide groups is 1. The molecule has 1 aromatic heterocycles. The fourth-order valence-electron chi connectivity index (χ4n) is 3.79. The minimum Gasteiger partial charge on any atom is -0.274 e. The highest BCUT2D eigenvalue weighted by atomic mass is 35.5. The van der Waals surface area contributed by atoms with Crippen LogP contribution in [0.5, 0.6) is 0 Å². The summed E-state index contributed by atoms with van der Waals surface area (Å²) in [6.07, 6.45) is 5.34. The van der Waals surface area contributed by atoms with Crippen molar-refractivity contribution in [3.63, 3.8) is 0 Å². The molecule has 2 fully saturated rings. The van der Waals surface area contributed by atoms with Crippen molar-refractivity contribution in [2.24, 2.45) is 11.8 Å². The van der Waals surface area contributed by atoms with Crippen LogP contribution < -0.4 is 4.90 Å². The molecular formula is C18H17Cl2N3O2. The second-order valence-corrected chi connectivity index (χ2v) is 7.40. The lowest BCUT2D eigenvalue weighted by Gasteiger charge is -2.19. The number of anilines is 1. The minimum atomic E-state index is -0.176. The first-order valence-electron chi connectivity index (χ1n) is 8.40. The van der Waals surface area contributed by atoms with Gasteiger partial charge in [0.1, 0.15) is 0 Å². The average Bonchev–Trinajstić information content (AvgIpc) is 3.15. The maximum Gasteiger partial charge on any atom is 0.238 e. The van der Waals surface area contributed by atoms with Crippen molar-refractivity contribution in [3.8, 4) is 0 Å². The molecule has 2 aromatic rings. The largest absolute Gasteiger partial charge is 0.274 e. The summed E-state index contributed by atoms with van der Waals surface area (Å²) in [4.78, 5) is 26.5. The minimum absolute atomic E-state index is 0.115. The quantitative estimate of drug-likeness (QED) is 0.761. The molecule has 2 aliphatic rings. The SMILES string of the molecule is O=C1[C@H]2CCCC[C@@H]2C(=O)N1c1ccn(Cc2c(Cl)cccc2Cl)n1. The fourth-order valence-corrected chi connectivity index (χ4v) is 4.31. The number of carbonyl (C=O) groups is 2. The van der Waals surface area contributed by atoms with Crippen LogP contribution in [0, 0.1) is 11.8 Å². The van der Waals surface area contributed by atoms with Gasteiger partial charge in [0.25, 0.3) is 0 Å². The number of nitrogens with zero attached hydrogens (tertiary/aromatic N) is 3. The molecule has 0 N–H and O–H groups in total. The molecule has 0 unspecified atom stereocenters. The molecule has 0 spiro atoms. The molecule has 0 radical (unpaired) electrons. The molecule has 25 heavy (non-hydrogen) atoms. The molecular weight excluding hydrogens is 361 g/mol. The summed E-state index contributed by atoms with van der Waals surface area (Å²) < 4.78 is 1.64. The topological polar surface area (TPSA) is 55.2 Å². The van der Waals surface area contributed by atoms with Gasteiger partial charge in [-0.15, -0.1) is 0 Å². The number of amides is 2. The van der Waals surface area contributed by atoms with E-state index in [0.29, 0.717) is 22.4 Å². The van der Waals surface area contributed by atoms with E-state index >= 15 is 0 Å². The van der Waals surface area contributed by atoms with Gasteiger partial charge in [-0.25, -0.2) is 4.90 Å². The van der Waals surface area contributed by atoms with E-state index in [9.17, 15) is 9.59 Å². The number of carbonyl (C=O) groups excluding carboxylic acids is 2. The number of aromatic nitrogens is 2. The molecule has 1 saturated carbocycles. The maximum absolute atomic E-state index is 12.6. The third kappa shape index (κ3) is 2.85. The second kappa shape index (κ2) is 6.46. The lowest BCUT2D eigenvalue weighted by atomic mass is 9.81. The van der Waals surface area contributed by atoms with E-state index < -0.39 is 0 Å². The Morgan fingerprint density at radius 3 is 2.20 bits per heavy atom. The van der Waals surface area contributed by atoms with E-state index in [4.69, 9.17) is 23.2 Å². The Labute approximate surface area is 155 Å². The van der Waals surface area contributed by atoms with Gasteiger partial charge in [-0.05, 0) is 25.0 Å². The summed E-state index contributed by atoms with van der Waals surface area (Å²) in [5.41, 5.74) is 0.758. The van der Waals surface area contributed by atoms with Gasteiger partial charge in [-0.2, -0.15) is 5.10 Å². The lowest BCUT2D eigenvalue weighted by Crippen LogP contribution is -2.31. The molecule has 1 aliphatic carbocycles. The summed E-state index contributed by atoms with van der Waals surface area (Å²) in [6.45, 7) is 0.377. The first kappa shape index (κ1) is 16.6. The number of benzene rings is 1. The molecule has 2 amide bonds. The molecule has 4 rings (SSSR count). The van der Waals surface area contributed by atoms with Crippen molar-refractivity contribution in [1.82, 2.24) is 9.78 Å². The van der Waals surface area contributed by atoms with E-state index in [2.05, 4.69) is 5.10 Å². The van der Waals surface area contributed by atoms with Crippen LogP contribution in [0.25, 0.3) is 0 Å². The van der Waals surface area contributed by atoms with Crippen molar-refractivity contribution in [2.45, 2.75) is 32.2 Å². The molecule has 1 aromatic carbocycles. The molecule has 0 bridgehead atoms. The summed E-state index contributed by atoms with van der Waals surface area (Å²) >= 11 is 12.4. The molecule has 1 saturated heterocycles. The Balaban J connectivity index is 1.59. The Bertz CT molecular complexity index is 804. The summed E-state index contributed by atoms with van der Waals surface area (Å²) in [5.74, 6) is -0.201. The Morgan fingerprint density at radius 2 is 1.60 bits per heavy atom. The van der Waals surface area contributed by atoms with Gasteiger partial charge in [-0.1, -0.05) is 42.1 Å². The van der Waals surface area contributed by atoms with Crippen LogP contribution in [0.4, 0.5) is 5.82 Å². The zero-order chi connectivity index (χ0) is 17.6. The van der Waals surface area contributed by atoms with Crippen molar-refractivity contribution in [1.29, 1.82) is 0 Å².